The van der Waals surface area contributed by atoms with E-state index < -0.39 is 0 Å². The highest BCUT2D eigenvalue weighted by Crippen LogP contribution is 2.19. The summed E-state index contributed by atoms with van der Waals surface area (Å²) in [5, 5.41) is 0. The molecule has 0 N–H and O–H groups in total. The monoisotopic (exact) mass is 522 g/mol. The van der Waals surface area contributed by atoms with Gasteiger partial charge < -0.3 is 28.4 Å². The van der Waals surface area contributed by atoms with Gasteiger partial charge in [-0.1, -0.05) is 24.3 Å². The van der Waals surface area contributed by atoms with Crippen LogP contribution in [-0.2, 0) is 32.3 Å². The lowest BCUT2D eigenvalue weighted by atomic mass is 10.1. The van der Waals surface area contributed by atoms with Crippen molar-refractivity contribution in [1.82, 2.24) is 0 Å². The summed E-state index contributed by atoms with van der Waals surface area (Å²) in [6.07, 6.45) is 0.285. The van der Waals surface area contributed by atoms with Crippen LogP contribution in [0.15, 0.2) is 72.8 Å². The van der Waals surface area contributed by atoms with E-state index in [-0.39, 0.29) is 51.2 Å². The molecular formula is C30H34O8. The van der Waals surface area contributed by atoms with E-state index in [4.69, 9.17) is 28.4 Å². The lowest BCUT2D eigenvalue weighted by molar-refractivity contribution is -0.146. The molecule has 3 rings (SSSR count). The van der Waals surface area contributed by atoms with Gasteiger partial charge in [0.15, 0.2) is 0 Å². The number of esters is 2. The summed E-state index contributed by atoms with van der Waals surface area (Å²) in [7, 11) is 0. The Hall–Kier alpha value is -4.20. The van der Waals surface area contributed by atoms with Gasteiger partial charge in [-0.25, -0.2) is 0 Å². The Morgan fingerprint density at radius 2 is 0.816 bits per heavy atom. The van der Waals surface area contributed by atoms with Gasteiger partial charge in [0.1, 0.15) is 36.2 Å². The normalized spacial score (nSPS) is 10.4. The molecule has 8 nitrogen and oxygen atoms in total. The molecule has 0 atom stereocenters. The van der Waals surface area contributed by atoms with Crippen LogP contribution in [0.4, 0.5) is 0 Å². The number of ether oxygens (including phenoxy) is 6. The number of hydrogen-bond acceptors (Lipinski definition) is 8. The van der Waals surface area contributed by atoms with Crippen LogP contribution in [-0.4, -0.2) is 38.4 Å². The molecule has 8 heteroatoms. The molecule has 0 aliphatic carbocycles. The van der Waals surface area contributed by atoms with Gasteiger partial charge in [-0.3, -0.25) is 9.59 Å². The molecular weight excluding hydrogens is 488 g/mol. The molecule has 3 aromatic carbocycles. The Morgan fingerprint density at radius 3 is 1.13 bits per heavy atom. The second-order valence-corrected chi connectivity index (χ2v) is 8.14. The maximum Gasteiger partial charge on any atom is 0.309 e. The molecule has 0 unspecified atom stereocenters. The number of carbonyl (C=O) groups excluding carboxylic acids is 2. The van der Waals surface area contributed by atoms with Crippen LogP contribution in [0.2, 0.25) is 0 Å². The summed E-state index contributed by atoms with van der Waals surface area (Å²) in [5.41, 5.74) is 1.68. The minimum absolute atomic E-state index is 0.142. The fourth-order valence-electron chi connectivity index (χ4n) is 3.31. The van der Waals surface area contributed by atoms with Gasteiger partial charge in [0.25, 0.3) is 0 Å². The molecule has 0 radical (unpaired) electrons. The van der Waals surface area contributed by atoms with Crippen LogP contribution < -0.4 is 18.9 Å². The molecule has 38 heavy (non-hydrogen) atoms. The number of hydrogen-bond donors (Lipinski definition) is 0. The fraction of sp³-hybridized carbons (Fsp3) is 0.333. The van der Waals surface area contributed by atoms with Crippen LogP contribution in [0.3, 0.4) is 0 Å². The quantitative estimate of drug-likeness (QED) is 0.228. The van der Waals surface area contributed by atoms with E-state index in [0.717, 1.165) is 22.6 Å². The van der Waals surface area contributed by atoms with Crippen molar-refractivity contribution in [1.29, 1.82) is 0 Å². The third-order valence-corrected chi connectivity index (χ3v) is 5.24. The third kappa shape index (κ3) is 10.4. The van der Waals surface area contributed by atoms with Crippen molar-refractivity contribution in [3.63, 3.8) is 0 Å². The van der Waals surface area contributed by atoms with Crippen molar-refractivity contribution in [2.45, 2.75) is 39.9 Å². The van der Waals surface area contributed by atoms with Gasteiger partial charge in [-0.2, -0.15) is 0 Å². The number of carbonyl (C=O) groups is 2. The summed E-state index contributed by atoms with van der Waals surface area (Å²) >= 11 is 0. The van der Waals surface area contributed by atoms with E-state index in [1.165, 1.54) is 0 Å². The van der Waals surface area contributed by atoms with Gasteiger partial charge in [-0.05, 0) is 73.5 Å². The maximum absolute atomic E-state index is 12.0. The van der Waals surface area contributed by atoms with Crippen LogP contribution in [0.5, 0.6) is 23.0 Å². The molecule has 0 aliphatic rings. The van der Waals surface area contributed by atoms with Gasteiger partial charge in [0.05, 0.1) is 39.3 Å². The molecule has 0 amide bonds. The lowest BCUT2D eigenvalue weighted by Crippen LogP contribution is -2.10. The highest BCUT2D eigenvalue weighted by Gasteiger charge is 2.07. The first-order valence-electron chi connectivity index (χ1n) is 12.7. The first-order chi connectivity index (χ1) is 18.6. The van der Waals surface area contributed by atoms with Crippen molar-refractivity contribution >= 4 is 11.9 Å². The van der Waals surface area contributed by atoms with Gasteiger partial charge in [-0.15, -0.1) is 0 Å². The topological polar surface area (TPSA) is 89.5 Å². The molecule has 0 heterocycles. The van der Waals surface area contributed by atoms with Crippen molar-refractivity contribution in [2.75, 3.05) is 26.4 Å². The SMILES string of the molecule is CCOc1ccc(OCCC(=O)OCc2ccc(COC(=O)CCOc3ccc(OCC)cc3)cc2)cc1. The van der Waals surface area contributed by atoms with Crippen molar-refractivity contribution < 1.29 is 38.0 Å². The zero-order valence-corrected chi connectivity index (χ0v) is 21.9. The molecule has 0 aliphatic heterocycles. The first-order valence-corrected chi connectivity index (χ1v) is 12.7. The average Bonchev–Trinajstić information content (AvgIpc) is 2.93. The molecule has 202 valence electrons. The lowest BCUT2D eigenvalue weighted by Gasteiger charge is -2.09. The minimum Gasteiger partial charge on any atom is -0.494 e. The summed E-state index contributed by atoms with van der Waals surface area (Å²) in [5.74, 6) is 2.18. The smallest absolute Gasteiger partial charge is 0.309 e. The predicted octanol–water partition coefficient (Wildman–Crippen LogP) is 5.51. The Kier molecular flexibility index (Phi) is 11.8. The van der Waals surface area contributed by atoms with Crippen molar-refractivity contribution in [3.05, 3.63) is 83.9 Å². The Balaban J connectivity index is 1.27. The molecule has 3 aromatic rings. The highest BCUT2D eigenvalue weighted by molar-refractivity contribution is 5.70. The largest absolute Gasteiger partial charge is 0.494 e. The second kappa shape index (κ2) is 15.8. The molecule has 0 saturated heterocycles. The number of rotatable bonds is 16. The van der Waals surface area contributed by atoms with E-state index in [2.05, 4.69) is 0 Å². The Labute approximate surface area is 223 Å². The molecule has 0 aromatic heterocycles. The molecule has 0 saturated carbocycles. The first kappa shape index (κ1) is 28.4. The van der Waals surface area contributed by atoms with Gasteiger partial charge in [0.2, 0.25) is 0 Å². The average molecular weight is 523 g/mol. The molecule has 0 bridgehead atoms. The fourth-order valence-corrected chi connectivity index (χ4v) is 3.31. The zero-order valence-electron chi connectivity index (χ0n) is 21.9. The summed E-state index contributed by atoms with van der Waals surface area (Å²) < 4.78 is 32.5. The van der Waals surface area contributed by atoms with E-state index in [9.17, 15) is 9.59 Å². The number of benzene rings is 3. The van der Waals surface area contributed by atoms with Crippen molar-refractivity contribution in [2.24, 2.45) is 0 Å². The maximum atomic E-state index is 12.0. The Bertz CT molecular complexity index is 1020. The van der Waals surface area contributed by atoms with Crippen LogP contribution in [0.25, 0.3) is 0 Å². The second-order valence-electron chi connectivity index (χ2n) is 8.14. The minimum atomic E-state index is -0.346. The van der Waals surface area contributed by atoms with Crippen molar-refractivity contribution in [3.8, 4) is 23.0 Å². The summed E-state index contributed by atoms with van der Waals surface area (Å²) in [6.45, 7) is 5.81. The van der Waals surface area contributed by atoms with E-state index in [1.54, 1.807) is 24.3 Å². The van der Waals surface area contributed by atoms with E-state index in [1.807, 2.05) is 62.4 Å². The summed E-state index contributed by atoms with van der Waals surface area (Å²) in [4.78, 5) is 24.0. The predicted molar refractivity (Wildman–Crippen MR) is 141 cm³/mol. The van der Waals surface area contributed by atoms with Crippen LogP contribution >= 0.6 is 0 Å². The van der Waals surface area contributed by atoms with Crippen LogP contribution in [0.1, 0.15) is 37.8 Å². The molecule has 0 fully saturated rings. The van der Waals surface area contributed by atoms with Gasteiger partial charge >= 0.3 is 11.9 Å². The van der Waals surface area contributed by atoms with E-state index in [0.29, 0.717) is 24.7 Å². The van der Waals surface area contributed by atoms with Crippen LogP contribution in [0, 0.1) is 0 Å². The van der Waals surface area contributed by atoms with E-state index >= 15 is 0 Å². The zero-order chi connectivity index (χ0) is 27.0. The van der Waals surface area contributed by atoms with Gasteiger partial charge in [0, 0.05) is 0 Å². The summed E-state index contributed by atoms with van der Waals surface area (Å²) in [6, 6.07) is 21.8. The highest BCUT2D eigenvalue weighted by atomic mass is 16.5. The standard InChI is InChI=1S/C30H34O8/c1-3-33-25-9-13-27(14-10-25)35-19-17-29(31)37-21-23-5-7-24(8-6-23)22-38-30(32)18-20-36-28-15-11-26(12-16-28)34-4-2/h5-16H,3-4,17-22H2,1-2H3. The molecule has 0 spiro atoms. The third-order valence-electron chi connectivity index (χ3n) is 5.24. The Morgan fingerprint density at radius 1 is 0.500 bits per heavy atom.